The van der Waals surface area contributed by atoms with Crippen molar-refractivity contribution in [1.29, 1.82) is 0 Å². The van der Waals surface area contributed by atoms with Crippen LogP contribution >= 0.6 is 0 Å². The van der Waals surface area contributed by atoms with Crippen LogP contribution in [-0.2, 0) is 0 Å². The molecular formula is C13H16N4O. The number of pyridine rings is 1. The zero-order valence-electron chi connectivity index (χ0n) is 10.3. The number of aromatic nitrogens is 2. The van der Waals surface area contributed by atoms with E-state index >= 15 is 0 Å². The highest BCUT2D eigenvalue weighted by Crippen LogP contribution is 2.26. The Bertz CT molecular complexity index is 649. The first-order valence-electron chi connectivity index (χ1n) is 6.12. The number of anilines is 1. The number of fused-ring (bicyclic) bond motifs is 1. The molecule has 0 bridgehead atoms. The lowest BCUT2D eigenvalue weighted by atomic mass is 10.00. The van der Waals surface area contributed by atoms with Crippen LogP contribution in [0.3, 0.4) is 0 Å². The van der Waals surface area contributed by atoms with Gasteiger partial charge in [0.1, 0.15) is 11.5 Å². The van der Waals surface area contributed by atoms with E-state index in [-0.39, 0.29) is 11.5 Å². The molecule has 2 aromatic rings. The maximum Gasteiger partial charge on any atom is 0.263 e. The predicted molar refractivity (Wildman–Crippen MR) is 70.7 cm³/mol. The zero-order chi connectivity index (χ0) is 12.7. The summed E-state index contributed by atoms with van der Waals surface area (Å²) in [5, 5.41) is 0. The number of rotatable bonds is 1. The van der Waals surface area contributed by atoms with Gasteiger partial charge in [0.15, 0.2) is 0 Å². The molecule has 1 unspecified atom stereocenters. The molecule has 1 aliphatic rings. The second-order valence-corrected chi connectivity index (χ2v) is 4.89. The first-order chi connectivity index (χ1) is 8.66. The highest BCUT2D eigenvalue weighted by Gasteiger charge is 2.26. The van der Waals surface area contributed by atoms with E-state index in [1.165, 1.54) is 0 Å². The fraction of sp³-hybridized carbons (Fsp3) is 0.385. The lowest BCUT2D eigenvalue weighted by Gasteiger charge is -2.13. The Morgan fingerprint density at radius 2 is 2.28 bits per heavy atom. The first kappa shape index (κ1) is 11.2. The van der Waals surface area contributed by atoms with Crippen molar-refractivity contribution in [3.8, 4) is 0 Å². The van der Waals surface area contributed by atoms with E-state index in [1.807, 2.05) is 12.1 Å². The van der Waals surface area contributed by atoms with E-state index in [1.54, 1.807) is 16.7 Å². The Balaban J connectivity index is 2.20. The van der Waals surface area contributed by atoms with Crippen LogP contribution in [0.15, 0.2) is 29.2 Å². The van der Waals surface area contributed by atoms with E-state index in [0.29, 0.717) is 17.0 Å². The van der Waals surface area contributed by atoms with Gasteiger partial charge in [0.2, 0.25) is 0 Å². The van der Waals surface area contributed by atoms with Crippen LogP contribution in [0.4, 0.5) is 5.82 Å². The molecule has 3 rings (SSSR count). The number of nitrogens with two attached hydrogens (primary N) is 1. The summed E-state index contributed by atoms with van der Waals surface area (Å²) in [6.45, 7) is 1.88. The molecule has 0 aromatic carbocycles. The molecule has 5 heteroatoms. The standard InChI is InChI=1S/C13H16N4O/c1-16-7-5-9(8-16)11-12(14)15-10-4-2-3-6-17(10)13(11)18/h2-4,6,9H,5,7-8,14H2,1H3. The van der Waals surface area contributed by atoms with Crippen molar-refractivity contribution in [3.05, 3.63) is 40.3 Å². The maximum absolute atomic E-state index is 12.5. The molecule has 1 atom stereocenters. The molecule has 0 amide bonds. The van der Waals surface area contributed by atoms with Crippen LogP contribution in [0, 0.1) is 0 Å². The van der Waals surface area contributed by atoms with Crippen LogP contribution in [0.5, 0.6) is 0 Å². The van der Waals surface area contributed by atoms with Crippen molar-refractivity contribution in [2.24, 2.45) is 0 Å². The van der Waals surface area contributed by atoms with Gasteiger partial charge in [0, 0.05) is 18.7 Å². The van der Waals surface area contributed by atoms with Crippen molar-refractivity contribution >= 4 is 11.5 Å². The minimum atomic E-state index is -0.0293. The van der Waals surface area contributed by atoms with Gasteiger partial charge in [-0.3, -0.25) is 9.20 Å². The molecule has 5 nitrogen and oxygen atoms in total. The number of likely N-dealkylation sites (N-methyl/N-ethyl adjacent to an activating group) is 1. The Labute approximate surface area is 105 Å². The van der Waals surface area contributed by atoms with Crippen molar-refractivity contribution in [3.63, 3.8) is 0 Å². The summed E-state index contributed by atoms with van der Waals surface area (Å²) in [5.74, 6) is 0.582. The topological polar surface area (TPSA) is 63.6 Å². The molecule has 1 fully saturated rings. The van der Waals surface area contributed by atoms with Gasteiger partial charge in [0.25, 0.3) is 5.56 Å². The first-order valence-corrected chi connectivity index (χ1v) is 6.12. The minimum absolute atomic E-state index is 0.0293. The van der Waals surface area contributed by atoms with E-state index < -0.39 is 0 Å². The zero-order valence-corrected chi connectivity index (χ0v) is 10.3. The molecule has 3 heterocycles. The number of hydrogen-bond donors (Lipinski definition) is 1. The van der Waals surface area contributed by atoms with Gasteiger partial charge in [0.05, 0.1) is 5.56 Å². The van der Waals surface area contributed by atoms with Crippen molar-refractivity contribution < 1.29 is 0 Å². The summed E-state index contributed by atoms with van der Waals surface area (Å²) in [4.78, 5) is 19.0. The number of hydrogen-bond acceptors (Lipinski definition) is 4. The lowest BCUT2D eigenvalue weighted by Crippen LogP contribution is -2.25. The van der Waals surface area contributed by atoms with Gasteiger partial charge < -0.3 is 10.6 Å². The van der Waals surface area contributed by atoms with E-state index in [4.69, 9.17) is 5.73 Å². The fourth-order valence-corrected chi connectivity index (χ4v) is 2.67. The van der Waals surface area contributed by atoms with Gasteiger partial charge in [-0.2, -0.15) is 0 Å². The van der Waals surface area contributed by atoms with Gasteiger partial charge >= 0.3 is 0 Å². The molecule has 0 spiro atoms. The molecule has 1 aliphatic heterocycles. The van der Waals surface area contributed by atoms with E-state index in [9.17, 15) is 4.79 Å². The van der Waals surface area contributed by atoms with Crippen LogP contribution in [0.2, 0.25) is 0 Å². The molecule has 2 N–H and O–H groups in total. The van der Waals surface area contributed by atoms with Gasteiger partial charge in [-0.1, -0.05) is 6.07 Å². The van der Waals surface area contributed by atoms with Crippen LogP contribution in [0.25, 0.3) is 5.65 Å². The third-order valence-electron chi connectivity index (χ3n) is 3.60. The fourth-order valence-electron chi connectivity index (χ4n) is 2.67. The Morgan fingerprint density at radius 3 is 3.00 bits per heavy atom. The van der Waals surface area contributed by atoms with Gasteiger partial charge in [-0.15, -0.1) is 0 Å². The monoisotopic (exact) mass is 244 g/mol. The van der Waals surface area contributed by atoms with Crippen molar-refractivity contribution in [2.45, 2.75) is 12.3 Å². The van der Waals surface area contributed by atoms with E-state index in [0.717, 1.165) is 19.5 Å². The second kappa shape index (κ2) is 4.10. The Kier molecular flexibility index (Phi) is 2.56. The molecule has 0 aliphatic carbocycles. The Hall–Kier alpha value is -1.88. The molecule has 0 saturated carbocycles. The van der Waals surface area contributed by atoms with Gasteiger partial charge in [-0.25, -0.2) is 4.98 Å². The molecule has 2 aromatic heterocycles. The largest absolute Gasteiger partial charge is 0.383 e. The average Bonchev–Trinajstić information content (AvgIpc) is 2.76. The Morgan fingerprint density at radius 1 is 1.44 bits per heavy atom. The molecule has 18 heavy (non-hydrogen) atoms. The smallest absolute Gasteiger partial charge is 0.263 e. The van der Waals surface area contributed by atoms with Crippen LogP contribution in [0.1, 0.15) is 17.9 Å². The molecule has 94 valence electrons. The van der Waals surface area contributed by atoms with E-state index in [2.05, 4.69) is 16.9 Å². The molecular weight excluding hydrogens is 228 g/mol. The number of nitrogen functional groups attached to an aromatic ring is 1. The normalized spacial score (nSPS) is 20.6. The third kappa shape index (κ3) is 1.67. The van der Waals surface area contributed by atoms with Gasteiger partial charge in [-0.05, 0) is 32.1 Å². The summed E-state index contributed by atoms with van der Waals surface area (Å²) in [6.07, 6.45) is 2.71. The van der Waals surface area contributed by atoms with Crippen molar-refractivity contribution in [1.82, 2.24) is 14.3 Å². The third-order valence-corrected chi connectivity index (χ3v) is 3.60. The highest BCUT2D eigenvalue weighted by atomic mass is 16.1. The highest BCUT2D eigenvalue weighted by molar-refractivity contribution is 5.50. The van der Waals surface area contributed by atoms with Crippen LogP contribution < -0.4 is 11.3 Å². The SMILES string of the molecule is CN1CCC(c2c(N)nc3ccccn3c2=O)C1. The quantitative estimate of drug-likeness (QED) is 0.802. The minimum Gasteiger partial charge on any atom is -0.383 e. The lowest BCUT2D eigenvalue weighted by molar-refractivity contribution is 0.411. The maximum atomic E-state index is 12.5. The number of likely N-dealkylation sites (tertiary alicyclic amines) is 1. The van der Waals surface area contributed by atoms with Crippen molar-refractivity contribution in [2.75, 3.05) is 25.9 Å². The molecule has 1 saturated heterocycles. The summed E-state index contributed by atoms with van der Waals surface area (Å²) in [5.41, 5.74) is 7.22. The summed E-state index contributed by atoms with van der Waals surface area (Å²) >= 11 is 0. The summed E-state index contributed by atoms with van der Waals surface area (Å²) in [6, 6.07) is 5.48. The molecule has 0 radical (unpaired) electrons. The average molecular weight is 244 g/mol. The number of nitrogens with zero attached hydrogens (tertiary/aromatic N) is 3. The summed E-state index contributed by atoms with van der Waals surface area (Å²) in [7, 11) is 2.06. The predicted octanol–water partition coefficient (Wildman–Crippen LogP) is 0.696. The van der Waals surface area contributed by atoms with Crippen LogP contribution in [-0.4, -0.2) is 34.4 Å². The summed E-state index contributed by atoms with van der Waals surface area (Å²) < 4.78 is 1.57. The second-order valence-electron chi connectivity index (χ2n) is 4.89.